The third kappa shape index (κ3) is 2.16. The van der Waals surface area contributed by atoms with Crippen molar-refractivity contribution in [2.75, 3.05) is 31.8 Å². The van der Waals surface area contributed by atoms with E-state index in [1.165, 1.54) is 0 Å². The number of anilines is 2. The number of fused-ring (bicyclic) bond motifs is 1. The highest BCUT2D eigenvalue weighted by atomic mass is 16.5. The Morgan fingerprint density at radius 3 is 2.62 bits per heavy atom. The SMILES string of the molecule is COc1ccc2c(c1)nc(N)n2-c1ccccc1N(C)C. The van der Waals surface area contributed by atoms with E-state index in [0.717, 1.165) is 28.2 Å². The molecule has 0 aliphatic carbocycles. The van der Waals surface area contributed by atoms with Crippen molar-refractivity contribution in [2.24, 2.45) is 0 Å². The first-order chi connectivity index (χ1) is 10.1. The molecule has 5 nitrogen and oxygen atoms in total. The zero-order chi connectivity index (χ0) is 15.0. The van der Waals surface area contributed by atoms with Gasteiger partial charge < -0.3 is 15.4 Å². The fourth-order valence-electron chi connectivity index (χ4n) is 2.49. The Morgan fingerprint density at radius 1 is 1.14 bits per heavy atom. The van der Waals surface area contributed by atoms with Gasteiger partial charge in [0.05, 0.1) is 29.5 Å². The number of hydrogen-bond donors (Lipinski definition) is 1. The number of hydrogen-bond acceptors (Lipinski definition) is 4. The molecule has 0 aliphatic heterocycles. The maximum absolute atomic E-state index is 6.14. The van der Waals surface area contributed by atoms with E-state index in [1.54, 1.807) is 7.11 Å². The van der Waals surface area contributed by atoms with E-state index >= 15 is 0 Å². The summed E-state index contributed by atoms with van der Waals surface area (Å²) in [6.07, 6.45) is 0. The molecule has 3 rings (SSSR count). The Hall–Kier alpha value is -2.69. The largest absolute Gasteiger partial charge is 0.497 e. The van der Waals surface area contributed by atoms with E-state index in [0.29, 0.717) is 5.95 Å². The number of para-hydroxylation sites is 2. The van der Waals surface area contributed by atoms with Crippen molar-refractivity contribution >= 4 is 22.7 Å². The average molecular weight is 282 g/mol. The van der Waals surface area contributed by atoms with Crippen molar-refractivity contribution in [3.05, 3.63) is 42.5 Å². The van der Waals surface area contributed by atoms with E-state index in [4.69, 9.17) is 10.5 Å². The molecule has 108 valence electrons. The second-order valence-corrected chi connectivity index (χ2v) is 5.04. The topological polar surface area (TPSA) is 56.3 Å². The van der Waals surface area contributed by atoms with Gasteiger partial charge in [-0.25, -0.2) is 4.98 Å². The molecule has 0 spiro atoms. The van der Waals surface area contributed by atoms with Crippen LogP contribution in [0.4, 0.5) is 11.6 Å². The van der Waals surface area contributed by atoms with Crippen molar-refractivity contribution in [2.45, 2.75) is 0 Å². The van der Waals surface area contributed by atoms with Crippen LogP contribution in [-0.2, 0) is 0 Å². The fourth-order valence-corrected chi connectivity index (χ4v) is 2.49. The summed E-state index contributed by atoms with van der Waals surface area (Å²) in [5.41, 5.74) is 10.0. The second-order valence-electron chi connectivity index (χ2n) is 5.04. The van der Waals surface area contributed by atoms with Gasteiger partial charge in [0.2, 0.25) is 5.95 Å². The molecule has 0 unspecified atom stereocenters. The number of nitrogens with zero attached hydrogens (tertiary/aromatic N) is 3. The van der Waals surface area contributed by atoms with Crippen LogP contribution in [0.2, 0.25) is 0 Å². The lowest BCUT2D eigenvalue weighted by Crippen LogP contribution is -2.13. The number of ether oxygens (including phenoxy) is 1. The van der Waals surface area contributed by atoms with Gasteiger partial charge >= 0.3 is 0 Å². The molecule has 1 aromatic heterocycles. The van der Waals surface area contributed by atoms with Gasteiger partial charge in [-0.15, -0.1) is 0 Å². The number of benzene rings is 2. The zero-order valence-corrected chi connectivity index (χ0v) is 12.4. The van der Waals surface area contributed by atoms with Crippen molar-refractivity contribution in [1.29, 1.82) is 0 Å². The Kier molecular flexibility index (Phi) is 3.17. The highest BCUT2D eigenvalue weighted by Gasteiger charge is 2.14. The van der Waals surface area contributed by atoms with Crippen molar-refractivity contribution in [3.8, 4) is 11.4 Å². The van der Waals surface area contributed by atoms with Crippen LogP contribution in [0.3, 0.4) is 0 Å². The lowest BCUT2D eigenvalue weighted by Gasteiger charge is -2.18. The van der Waals surface area contributed by atoms with E-state index in [-0.39, 0.29) is 0 Å². The normalized spacial score (nSPS) is 10.8. The first kappa shape index (κ1) is 13.3. The van der Waals surface area contributed by atoms with Gasteiger partial charge in [0.25, 0.3) is 0 Å². The molecule has 3 aromatic rings. The maximum atomic E-state index is 6.14. The van der Waals surface area contributed by atoms with E-state index < -0.39 is 0 Å². The lowest BCUT2D eigenvalue weighted by atomic mass is 10.2. The number of rotatable bonds is 3. The highest BCUT2D eigenvalue weighted by molar-refractivity contribution is 5.84. The third-order valence-corrected chi connectivity index (χ3v) is 3.49. The molecular weight excluding hydrogens is 264 g/mol. The molecule has 0 radical (unpaired) electrons. The molecule has 1 heterocycles. The summed E-state index contributed by atoms with van der Waals surface area (Å²) in [4.78, 5) is 6.50. The minimum absolute atomic E-state index is 0.465. The van der Waals surface area contributed by atoms with Crippen LogP contribution in [0.5, 0.6) is 5.75 Å². The molecule has 0 amide bonds. The summed E-state index contributed by atoms with van der Waals surface area (Å²) in [7, 11) is 5.66. The van der Waals surface area contributed by atoms with Crippen LogP contribution in [-0.4, -0.2) is 30.8 Å². The average Bonchev–Trinajstić information content (AvgIpc) is 2.81. The summed E-state index contributed by atoms with van der Waals surface area (Å²) < 4.78 is 7.20. The van der Waals surface area contributed by atoms with Crippen LogP contribution in [0.25, 0.3) is 16.7 Å². The summed E-state index contributed by atoms with van der Waals surface area (Å²) >= 11 is 0. The molecule has 0 atom stereocenters. The predicted molar refractivity (Wildman–Crippen MR) is 86.4 cm³/mol. The van der Waals surface area contributed by atoms with Gasteiger partial charge in [0, 0.05) is 20.2 Å². The van der Waals surface area contributed by atoms with Crippen molar-refractivity contribution in [1.82, 2.24) is 9.55 Å². The molecular formula is C16H18N4O. The number of nitrogen functional groups attached to an aromatic ring is 1. The van der Waals surface area contributed by atoms with Gasteiger partial charge in [0.15, 0.2) is 0 Å². The summed E-state index contributed by atoms with van der Waals surface area (Å²) in [5.74, 6) is 1.24. The van der Waals surface area contributed by atoms with Crippen molar-refractivity contribution < 1.29 is 4.74 Å². The first-order valence-corrected chi connectivity index (χ1v) is 6.70. The molecule has 2 aromatic carbocycles. The Labute approximate surface area is 123 Å². The van der Waals surface area contributed by atoms with Crippen LogP contribution in [0.1, 0.15) is 0 Å². The van der Waals surface area contributed by atoms with Gasteiger partial charge in [-0.2, -0.15) is 0 Å². The lowest BCUT2D eigenvalue weighted by molar-refractivity contribution is 0.415. The minimum Gasteiger partial charge on any atom is -0.497 e. The number of imidazole rings is 1. The van der Waals surface area contributed by atoms with Crippen LogP contribution >= 0.6 is 0 Å². The molecule has 0 bridgehead atoms. The Balaban J connectivity index is 2.28. The number of nitrogens with two attached hydrogens (primary N) is 1. The zero-order valence-electron chi connectivity index (χ0n) is 12.4. The second kappa shape index (κ2) is 5.01. The molecule has 2 N–H and O–H groups in total. The molecule has 5 heteroatoms. The third-order valence-electron chi connectivity index (χ3n) is 3.49. The number of methoxy groups -OCH3 is 1. The molecule has 21 heavy (non-hydrogen) atoms. The maximum Gasteiger partial charge on any atom is 0.206 e. The summed E-state index contributed by atoms with van der Waals surface area (Å²) in [6, 6.07) is 13.9. The van der Waals surface area contributed by atoms with E-state index in [1.807, 2.05) is 55.1 Å². The van der Waals surface area contributed by atoms with Crippen LogP contribution < -0.4 is 15.4 Å². The van der Waals surface area contributed by atoms with E-state index in [9.17, 15) is 0 Å². The van der Waals surface area contributed by atoms with Gasteiger partial charge in [-0.3, -0.25) is 4.57 Å². The number of aromatic nitrogens is 2. The van der Waals surface area contributed by atoms with E-state index in [2.05, 4.69) is 16.0 Å². The minimum atomic E-state index is 0.465. The van der Waals surface area contributed by atoms with Gasteiger partial charge in [-0.05, 0) is 24.3 Å². The summed E-state index contributed by atoms with van der Waals surface area (Å²) in [5, 5.41) is 0. The molecule has 0 fully saturated rings. The Morgan fingerprint density at radius 2 is 1.90 bits per heavy atom. The summed E-state index contributed by atoms with van der Waals surface area (Å²) in [6.45, 7) is 0. The highest BCUT2D eigenvalue weighted by Crippen LogP contribution is 2.30. The predicted octanol–water partition coefficient (Wildman–Crippen LogP) is 2.68. The molecule has 0 saturated heterocycles. The quantitative estimate of drug-likeness (QED) is 0.802. The Bertz CT molecular complexity index is 792. The van der Waals surface area contributed by atoms with Crippen molar-refractivity contribution in [3.63, 3.8) is 0 Å². The van der Waals surface area contributed by atoms with Gasteiger partial charge in [-0.1, -0.05) is 12.1 Å². The smallest absolute Gasteiger partial charge is 0.206 e. The standard InChI is InChI=1S/C16H18N4O/c1-19(2)14-6-4-5-7-15(14)20-13-9-8-11(21-3)10-12(13)18-16(20)17/h4-10H,1-3H3,(H2,17,18). The fraction of sp³-hybridized carbons (Fsp3) is 0.188. The monoisotopic (exact) mass is 282 g/mol. The first-order valence-electron chi connectivity index (χ1n) is 6.70. The van der Waals surface area contributed by atoms with Crippen LogP contribution in [0, 0.1) is 0 Å². The molecule has 0 aliphatic rings. The van der Waals surface area contributed by atoms with Gasteiger partial charge in [0.1, 0.15) is 5.75 Å². The van der Waals surface area contributed by atoms with Crippen LogP contribution in [0.15, 0.2) is 42.5 Å². The molecule has 0 saturated carbocycles.